The quantitative estimate of drug-likeness (QED) is 0.153. The fourth-order valence-electron chi connectivity index (χ4n) is 13.0. The summed E-state index contributed by atoms with van der Waals surface area (Å²) in [5.74, 6) is 0. The maximum atomic E-state index is 2.77. The molecule has 2 aliphatic heterocycles. The van der Waals surface area contributed by atoms with E-state index in [1.54, 1.807) is 0 Å². The highest BCUT2D eigenvalue weighted by Crippen LogP contribution is 2.56. The third-order valence-electron chi connectivity index (χ3n) is 17.4. The third kappa shape index (κ3) is 6.48. The highest BCUT2D eigenvalue weighted by molar-refractivity contribution is 7.26. The van der Waals surface area contributed by atoms with Crippen molar-refractivity contribution < 1.29 is 0 Å². The van der Waals surface area contributed by atoms with Gasteiger partial charge in [0.1, 0.15) is 0 Å². The first-order chi connectivity index (χ1) is 32.5. The van der Waals surface area contributed by atoms with E-state index < -0.39 is 0 Å². The fraction of sp³-hybridized carbons (Fsp3) is 0.344. The average molecular weight is 907 g/mol. The third-order valence-corrected chi connectivity index (χ3v) is 18.6. The van der Waals surface area contributed by atoms with E-state index >= 15 is 0 Å². The molecular formula is C64H67BN2S. The number of fused-ring (bicyclic) bond motifs is 10. The molecular weight excluding hydrogens is 840 g/mol. The highest BCUT2D eigenvalue weighted by Gasteiger charge is 2.49. The lowest BCUT2D eigenvalue weighted by Crippen LogP contribution is -2.61. The Bertz CT molecular complexity index is 3380. The molecule has 0 unspecified atom stereocenters. The standard InChI is InChI=1S/C64H67BN2S/c1-12-13-19-41-23-26-44(27-24-41)67-53-28-25-42-20-15-17-22-46(42)57(53)48-34-43(45-21-16-14-18-39(45)2)35-55-58(48)65(67)59-47-36-50-52(64(10,11)32-30-62(50,6)7)38-56(47)68-60(59)66(55)54-37-51-49(33-40(54)3)61(4,5)29-31-63(51,8)9/h14-18,20-28,33-38H,12-13,19,29-32H2,1-11H3. The van der Waals surface area contributed by atoms with Crippen molar-refractivity contribution in [3.63, 3.8) is 0 Å². The van der Waals surface area contributed by atoms with E-state index in [4.69, 9.17) is 0 Å². The maximum absolute atomic E-state index is 2.77. The molecule has 4 heteroatoms. The van der Waals surface area contributed by atoms with Gasteiger partial charge in [0, 0.05) is 27.3 Å². The molecule has 2 aliphatic carbocycles. The Morgan fingerprint density at radius 1 is 0.544 bits per heavy atom. The lowest BCUT2D eigenvalue weighted by Gasteiger charge is -2.46. The Labute approximate surface area is 410 Å². The van der Waals surface area contributed by atoms with Gasteiger partial charge in [0.25, 0.3) is 0 Å². The summed E-state index contributed by atoms with van der Waals surface area (Å²) in [6, 6.07) is 48.3. The molecule has 1 aromatic heterocycles. The number of benzene rings is 7. The summed E-state index contributed by atoms with van der Waals surface area (Å²) in [6.45, 7) is 26.8. The second-order valence-corrected chi connectivity index (χ2v) is 24.8. The zero-order valence-corrected chi connectivity index (χ0v) is 43.2. The molecule has 0 amide bonds. The van der Waals surface area contributed by atoms with Crippen molar-refractivity contribution >= 4 is 77.7 Å². The van der Waals surface area contributed by atoms with E-state index in [0.717, 1.165) is 6.42 Å². The van der Waals surface area contributed by atoms with E-state index in [1.165, 1.54) is 159 Å². The van der Waals surface area contributed by atoms with E-state index in [2.05, 4.69) is 207 Å². The average Bonchev–Trinajstić information content (AvgIpc) is 3.69. The largest absolute Gasteiger partial charge is 0.376 e. The van der Waals surface area contributed by atoms with Crippen LogP contribution in [0.3, 0.4) is 0 Å². The number of nitrogens with zero attached hydrogens (tertiary/aromatic N) is 2. The molecule has 2 nitrogen and oxygen atoms in total. The molecule has 7 aromatic carbocycles. The first-order valence-electron chi connectivity index (χ1n) is 25.7. The predicted octanol–water partition coefficient (Wildman–Crippen LogP) is 17.1. The molecule has 0 saturated carbocycles. The number of aryl methyl sites for hydroxylation is 3. The van der Waals surface area contributed by atoms with Crippen molar-refractivity contribution in [2.75, 3.05) is 9.71 Å². The molecule has 68 heavy (non-hydrogen) atoms. The number of rotatable bonds is 6. The van der Waals surface area contributed by atoms with Crippen LogP contribution in [0.2, 0.25) is 0 Å². The molecule has 342 valence electrons. The Morgan fingerprint density at radius 3 is 1.87 bits per heavy atom. The van der Waals surface area contributed by atoms with Gasteiger partial charge in [0.2, 0.25) is 0 Å². The molecule has 0 radical (unpaired) electrons. The van der Waals surface area contributed by atoms with Crippen LogP contribution in [0, 0.1) is 13.8 Å². The molecule has 3 heterocycles. The minimum Gasteiger partial charge on any atom is -0.376 e. The van der Waals surface area contributed by atoms with Crippen molar-refractivity contribution in [2.45, 2.75) is 143 Å². The molecule has 0 N–H and O–H groups in total. The predicted molar refractivity (Wildman–Crippen MR) is 297 cm³/mol. The topological polar surface area (TPSA) is 6.48 Å². The van der Waals surface area contributed by atoms with Gasteiger partial charge in [-0.2, -0.15) is 0 Å². The van der Waals surface area contributed by atoms with Crippen LogP contribution in [0.25, 0.3) is 43.1 Å². The van der Waals surface area contributed by atoms with Gasteiger partial charge in [-0.25, -0.2) is 0 Å². The molecule has 0 saturated heterocycles. The summed E-state index contributed by atoms with van der Waals surface area (Å²) in [6.07, 6.45) is 8.27. The number of anilines is 5. The molecule has 8 aromatic rings. The van der Waals surface area contributed by atoms with Crippen LogP contribution in [0.4, 0.5) is 27.8 Å². The zero-order valence-electron chi connectivity index (χ0n) is 42.4. The van der Waals surface area contributed by atoms with Gasteiger partial charge in [-0.1, -0.05) is 142 Å². The minimum absolute atomic E-state index is 0.0607. The van der Waals surface area contributed by atoms with E-state index in [0.29, 0.717) is 0 Å². The normalized spacial score (nSPS) is 18.0. The number of unbranched alkanes of at least 4 members (excludes halogenated alkanes) is 1. The minimum atomic E-state index is -0.0628. The van der Waals surface area contributed by atoms with Crippen molar-refractivity contribution in [3.8, 4) is 22.3 Å². The van der Waals surface area contributed by atoms with Gasteiger partial charge in [-0.15, -0.1) is 11.3 Å². The maximum Gasteiger partial charge on any atom is 0.334 e. The van der Waals surface area contributed by atoms with Crippen molar-refractivity contribution in [2.24, 2.45) is 0 Å². The van der Waals surface area contributed by atoms with Crippen LogP contribution in [-0.2, 0) is 28.1 Å². The molecule has 0 spiro atoms. The highest BCUT2D eigenvalue weighted by atomic mass is 32.1. The summed E-state index contributed by atoms with van der Waals surface area (Å²) < 4.78 is 1.40. The van der Waals surface area contributed by atoms with Crippen molar-refractivity contribution in [1.82, 2.24) is 0 Å². The molecule has 0 fully saturated rings. The number of hydrogen-bond donors (Lipinski definition) is 0. The van der Waals surface area contributed by atoms with Gasteiger partial charge in [0.15, 0.2) is 0 Å². The molecule has 12 rings (SSSR count). The molecule has 0 bridgehead atoms. The number of hydrogen-bond acceptors (Lipinski definition) is 3. The van der Waals surface area contributed by atoms with Crippen LogP contribution in [0.5, 0.6) is 0 Å². The first-order valence-corrected chi connectivity index (χ1v) is 26.5. The first kappa shape index (κ1) is 43.7. The van der Waals surface area contributed by atoms with Crippen LogP contribution in [-0.4, -0.2) is 6.85 Å². The Hall–Kier alpha value is -5.58. The van der Waals surface area contributed by atoms with Crippen LogP contribution < -0.4 is 20.6 Å². The summed E-state index contributed by atoms with van der Waals surface area (Å²) >= 11 is 2.03. The lowest BCUT2D eigenvalue weighted by molar-refractivity contribution is 0.332. The van der Waals surface area contributed by atoms with Crippen LogP contribution in [0.1, 0.15) is 140 Å². The van der Waals surface area contributed by atoms with Crippen molar-refractivity contribution in [1.29, 1.82) is 0 Å². The monoisotopic (exact) mass is 907 g/mol. The fourth-order valence-corrected chi connectivity index (χ4v) is 14.3. The molecule has 4 aliphatic rings. The van der Waals surface area contributed by atoms with Crippen LogP contribution in [0.15, 0.2) is 121 Å². The summed E-state index contributed by atoms with van der Waals surface area (Å²) in [5, 5.41) is 5.34. The lowest BCUT2D eigenvalue weighted by atomic mass is 9.43. The van der Waals surface area contributed by atoms with Crippen LogP contribution >= 0.6 is 11.3 Å². The van der Waals surface area contributed by atoms with Gasteiger partial charge in [0.05, 0.1) is 10.7 Å². The molecule has 0 atom stereocenters. The van der Waals surface area contributed by atoms with Gasteiger partial charge in [-0.3, -0.25) is 0 Å². The summed E-state index contributed by atoms with van der Waals surface area (Å²) in [5.41, 5.74) is 23.7. The Kier molecular flexibility index (Phi) is 9.77. The van der Waals surface area contributed by atoms with Gasteiger partial charge >= 0.3 is 6.85 Å². The SMILES string of the molecule is CCCCc1ccc(N2B3c4c(cc(-c5ccccc5C)cc4N(c4cc5c(cc4C)C(C)(C)CCC5(C)C)c4sc5cc6c(cc5c43)C(C)(C)CCC6(C)C)-c3c2ccc2ccccc32)cc1. The summed E-state index contributed by atoms with van der Waals surface area (Å²) in [4.78, 5) is 5.52. The Morgan fingerprint density at radius 2 is 1.18 bits per heavy atom. The van der Waals surface area contributed by atoms with Gasteiger partial charge in [-0.05, 0) is 205 Å². The van der Waals surface area contributed by atoms with Crippen molar-refractivity contribution in [3.05, 3.63) is 160 Å². The van der Waals surface area contributed by atoms with E-state index in [-0.39, 0.29) is 28.5 Å². The smallest absolute Gasteiger partial charge is 0.334 e. The van der Waals surface area contributed by atoms with E-state index in [1.807, 2.05) is 11.3 Å². The van der Waals surface area contributed by atoms with E-state index in [9.17, 15) is 0 Å². The summed E-state index contributed by atoms with van der Waals surface area (Å²) in [7, 11) is 0. The zero-order chi connectivity index (χ0) is 47.2. The van der Waals surface area contributed by atoms with Gasteiger partial charge < -0.3 is 9.71 Å². The number of thiophene rings is 1. The Balaban J connectivity index is 1.25. The second-order valence-electron chi connectivity index (χ2n) is 23.8. The second kappa shape index (κ2) is 15.2.